The van der Waals surface area contributed by atoms with Crippen LogP contribution in [0.4, 0.5) is 5.69 Å². The number of para-hydroxylation sites is 1. The molecule has 5 heteroatoms. The molecule has 0 saturated carbocycles. The van der Waals surface area contributed by atoms with Gasteiger partial charge in [0.2, 0.25) is 5.89 Å². The van der Waals surface area contributed by atoms with Crippen molar-refractivity contribution in [3.8, 4) is 23.6 Å². The Morgan fingerprint density at radius 3 is 2.72 bits per heavy atom. The van der Waals surface area contributed by atoms with Crippen molar-refractivity contribution in [3.63, 3.8) is 0 Å². The van der Waals surface area contributed by atoms with E-state index in [4.69, 9.17) is 14.9 Å². The van der Waals surface area contributed by atoms with Crippen LogP contribution in [0.2, 0.25) is 0 Å². The van der Waals surface area contributed by atoms with Gasteiger partial charge in [-0.25, -0.2) is 4.98 Å². The van der Waals surface area contributed by atoms with Crippen molar-refractivity contribution in [1.82, 2.24) is 4.98 Å². The summed E-state index contributed by atoms with van der Waals surface area (Å²) in [5, 5.41) is 20.2. The van der Waals surface area contributed by atoms with Gasteiger partial charge in [0.05, 0.1) is 17.4 Å². The fraction of sp³-hybridized carbons (Fsp3) is 0. The van der Waals surface area contributed by atoms with Gasteiger partial charge in [0.1, 0.15) is 24.0 Å². The number of nitrogens with zero attached hydrogens (tertiary/aromatic N) is 3. The van der Waals surface area contributed by atoms with Gasteiger partial charge in [0.15, 0.2) is 0 Å². The lowest BCUT2D eigenvalue weighted by Gasteiger charge is -2.05. The fourth-order valence-corrected chi connectivity index (χ4v) is 1.39. The van der Waals surface area contributed by atoms with Crippen LogP contribution in [0.1, 0.15) is 0 Å². The first-order chi connectivity index (χ1) is 8.85. The van der Waals surface area contributed by atoms with Crippen molar-refractivity contribution in [3.05, 3.63) is 48.5 Å². The predicted octanol–water partition coefficient (Wildman–Crippen LogP) is 2.68. The molecule has 0 saturated heterocycles. The Balaban J connectivity index is 2.33. The highest BCUT2D eigenvalue weighted by Crippen LogP contribution is 2.26. The summed E-state index contributed by atoms with van der Waals surface area (Å²) < 4.78 is 5.22. The van der Waals surface area contributed by atoms with Crippen LogP contribution in [-0.4, -0.2) is 4.98 Å². The third-order valence-corrected chi connectivity index (χ3v) is 2.20. The average molecular weight is 236 g/mol. The summed E-state index contributed by atoms with van der Waals surface area (Å²) in [5.41, 5.74) is 1.47. The number of hydrogen-bond donors (Lipinski definition) is 1. The summed E-state index contributed by atoms with van der Waals surface area (Å²) in [4.78, 5) is 4.06. The number of oxazole rings is 1. The molecule has 1 aromatic carbocycles. The maximum atomic E-state index is 8.65. The Kier molecular flexibility index (Phi) is 3.39. The first-order valence-electron chi connectivity index (χ1n) is 5.11. The molecule has 0 amide bonds. The Morgan fingerprint density at radius 1 is 1.28 bits per heavy atom. The number of allylic oxidation sites excluding steroid dienone is 1. The molecule has 0 radical (unpaired) electrons. The fourth-order valence-electron chi connectivity index (χ4n) is 1.39. The molecule has 1 aromatic heterocycles. The van der Waals surface area contributed by atoms with Crippen molar-refractivity contribution in [2.24, 2.45) is 0 Å². The summed E-state index contributed by atoms with van der Waals surface area (Å²) in [6, 6.07) is 10.9. The second kappa shape index (κ2) is 5.33. The van der Waals surface area contributed by atoms with Gasteiger partial charge < -0.3 is 9.73 Å². The van der Waals surface area contributed by atoms with Crippen LogP contribution >= 0.6 is 0 Å². The summed E-state index contributed by atoms with van der Waals surface area (Å²) >= 11 is 0. The first-order valence-corrected chi connectivity index (χ1v) is 5.11. The van der Waals surface area contributed by atoms with Gasteiger partial charge in [0, 0.05) is 6.20 Å². The quantitative estimate of drug-likeness (QED) is 0.828. The minimum atomic E-state index is -0.00259. The normalized spacial score (nSPS) is 9.00. The molecule has 0 atom stereocenters. The van der Waals surface area contributed by atoms with E-state index in [0.717, 1.165) is 5.56 Å². The predicted molar refractivity (Wildman–Crippen MR) is 64.9 cm³/mol. The van der Waals surface area contributed by atoms with Crippen LogP contribution in [0, 0.1) is 22.7 Å². The second-order valence-corrected chi connectivity index (χ2v) is 3.31. The lowest BCUT2D eigenvalue weighted by Crippen LogP contribution is -1.92. The van der Waals surface area contributed by atoms with Gasteiger partial charge >= 0.3 is 0 Å². The Hall–Kier alpha value is -3.05. The van der Waals surface area contributed by atoms with Crippen molar-refractivity contribution in [2.75, 3.05) is 5.32 Å². The maximum absolute atomic E-state index is 8.65. The zero-order chi connectivity index (χ0) is 12.8. The third-order valence-electron chi connectivity index (χ3n) is 2.20. The SMILES string of the molecule is N#CC(C#N)=CNc1ccccc1-c1ncco1. The van der Waals surface area contributed by atoms with Crippen molar-refractivity contribution in [1.29, 1.82) is 10.5 Å². The lowest BCUT2D eigenvalue weighted by molar-refractivity contribution is 0.575. The molecule has 0 spiro atoms. The Bertz CT molecular complexity index is 628. The molecular formula is C13H8N4O. The number of anilines is 1. The molecule has 2 aromatic rings. The molecule has 1 heterocycles. The first kappa shape index (κ1) is 11.4. The van der Waals surface area contributed by atoms with E-state index in [2.05, 4.69) is 10.3 Å². The molecule has 2 rings (SSSR count). The molecule has 0 aliphatic rings. The van der Waals surface area contributed by atoms with Gasteiger partial charge in [-0.05, 0) is 12.1 Å². The molecule has 1 N–H and O–H groups in total. The molecule has 5 nitrogen and oxygen atoms in total. The van der Waals surface area contributed by atoms with E-state index >= 15 is 0 Å². The van der Waals surface area contributed by atoms with Crippen LogP contribution in [0.3, 0.4) is 0 Å². The number of nitriles is 2. The monoisotopic (exact) mass is 236 g/mol. The van der Waals surface area contributed by atoms with Crippen LogP contribution in [0.5, 0.6) is 0 Å². The molecular weight excluding hydrogens is 228 g/mol. The smallest absolute Gasteiger partial charge is 0.227 e. The van der Waals surface area contributed by atoms with Gasteiger partial charge in [-0.2, -0.15) is 10.5 Å². The number of benzene rings is 1. The zero-order valence-corrected chi connectivity index (χ0v) is 9.29. The van der Waals surface area contributed by atoms with E-state index in [1.807, 2.05) is 24.3 Å². The van der Waals surface area contributed by atoms with E-state index in [1.165, 1.54) is 12.5 Å². The second-order valence-electron chi connectivity index (χ2n) is 3.31. The van der Waals surface area contributed by atoms with E-state index < -0.39 is 0 Å². The number of aromatic nitrogens is 1. The maximum Gasteiger partial charge on any atom is 0.227 e. The summed E-state index contributed by atoms with van der Waals surface area (Å²) in [6.07, 6.45) is 4.39. The summed E-state index contributed by atoms with van der Waals surface area (Å²) in [5.74, 6) is 0.474. The summed E-state index contributed by atoms with van der Waals surface area (Å²) in [6.45, 7) is 0. The lowest BCUT2D eigenvalue weighted by atomic mass is 10.2. The van der Waals surface area contributed by atoms with Gasteiger partial charge in [-0.3, -0.25) is 0 Å². The van der Waals surface area contributed by atoms with Gasteiger partial charge in [0.25, 0.3) is 0 Å². The highest BCUT2D eigenvalue weighted by molar-refractivity contribution is 5.73. The van der Waals surface area contributed by atoms with E-state index in [0.29, 0.717) is 11.6 Å². The van der Waals surface area contributed by atoms with Gasteiger partial charge in [-0.15, -0.1) is 0 Å². The Labute approximate surface area is 104 Å². The summed E-state index contributed by atoms with van der Waals surface area (Å²) in [7, 11) is 0. The average Bonchev–Trinajstić information content (AvgIpc) is 2.94. The van der Waals surface area contributed by atoms with Gasteiger partial charge in [-0.1, -0.05) is 12.1 Å². The zero-order valence-electron chi connectivity index (χ0n) is 9.29. The van der Waals surface area contributed by atoms with Crippen LogP contribution in [0.25, 0.3) is 11.5 Å². The molecule has 86 valence electrons. The number of rotatable bonds is 3. The molecule has 0 aliphatic carbocycles. The largest absolute Gasteiger partial charge is 0.444 e. The topological polar surface area (TPSA) is 85.6 Å². The minimum absolute atomic E-state index is 0.00259. The number of nitrogens with one attached hydrogen (secondary N) is 1. The van der Waals surface area contributed by atoms with E-state index in [-0.39, 0.29) is 5.57 Å². The highest BCUT2D eigenvalue weighted by atomic mass is 16.3. The molecule has 0 bridgehead atoms. The number of hydrogen-bond acceptors (Lipinski definition) is 5. The highest BCUT2D eigenvalue weighted by Gasteiger charge is 2.07. The van der Waals surface area contributed by atoms with Crippen molar-refractivity contribution >= 4 is 5.69 Å². The molecule has 18 heavy (non-hydrogen) atoms. The van der Waals surface area contributed by atoms with Crippen LogP contribution in [-0.2, 0) is 0 Å². The van der Waals surface area contributed by atoms with E-state index in [1.54, 1.807) is 18.3 Å². The molecule has 0 aliphatic heterocycles. The van der Waals surface area contributed by atoms with Crippen LogP contribution < -0.4 is 5.32 Å². The van der Waals surface area contributed by atoms with E-state index in [9.17, 15) is 0 Å². The van der Waals surface area contributed by atoms with Crippen LogP contribution in [0.15, 0.2) is 52.9 Å². The van der Waals surface area contributed by atoms with Crippen molar-refractivity contribution < 1.29 is 4.42 Å². The third kappa shape index (κ3) is 2.37. The molecule has 0 unspecified atom stereocenters. The molecule has 0 fully saturated rings. The minimum Gasteiger partial charge on any atom is -0.444 e. The Morgan fingerprint density at radius 2 is 2.06 bits per heavy atom. The van der Waals surface area contributed by atoms with Crippen molar-refractivity contribution in [2.45, 2.75) is 0 Å². The standard InChI is InChI=1S/C13H8N4O/c14-7-10(8-15)9-17-12-4-2-1-3-11(12)13-16-5-6-18-13/h1-6,9,17H.